The lowest BCUT2D eigenvalue weighted by Gasteiger charge is -2.25. The fourth-order valence-electron chi connectivity index (χ4n) is 3.23. The molecule has 4 rings (SSSR count). The first-order valence-electron chi connectivity index (χ1n) is 8.15. The summed E-state index contributed by atoms with van der Waals surface area (Å²) < 4.78 is 6.65. The molecule has 0 amide bonds. The summed E-state index contributed by atoms with van der Waals surface area (Å²) in [5.74, 6) is 0.520. The Labute approximate surface area is 137 Å². The van der Waals surface area contributed by atoms with Gasteiger partial charge in [0.25, 0.3) is 0 Å². The highest BCUT2D eigenvalue weighted by molar-refractivity contribution is 5.62. The first-order chi connectivity index (χ1) is 11.6. The molecule has 24 heavy (non-hydrogen) atoms. The van der Waals surface area contributed by atoms with Gasteiger partial charge in [-0.15, -0.1) is 0 Å². The molecule has 1 saturated heterocycles. The number of pyridine rings is 1. The molecule has 0 N–H and O–H groups in total. The van der Waals surface area contributed by atoms with Crippen molar-refractivity contribution in [3.63, 3.8) is 0 Å². The standard InChI is InChI=1S/C16H18N4O4/c21-16-14(20(22)23)15(17-13-3-1-2-7-18(13)16)19(12-4-5-12)9-11-6-8-24-10-11/h1-3,7,11-12H,4-6,8-10H2/t11-/m1/s1. The molecule has 8 nitrogen and oxygen atoms in total. The third-order valence-corrected chi connectivity index (χ3v) is 4.61. The quantitative estimate of drug-likeness (QED) is 0.611. The van der Waals surface area contributed by atoms with Gasteiger partial charge in [0.2, 0.25) is 5.82 Å². The molecule has 2 fully saturated rings. The molecule has 1 saturated carbocycles. The fourth-order valence-corrected chi connectivity index (χ4v) is 3.23. The number of anilines is 1. The number of hydrogen-bond donors (Lipinski definition) is 0. The van der Waals surface area contributed by atoms with Gasteiger partial charge in [0.05, 0.1) is 11.5 Å². The zero-order valence-corrected chi connectivity index (χ0v) is 13.1. The first kappa shape index (κ1) is 15.1. The predicted molar refractivity (Wildman–Crippen MR) is 87.4 cm³/mol. The first-order valence-corrected chi connectivity index (χ1v) is 8.15. The van der Waals surface area contributed by atoms with Gasteiger partial charge in [-0.2, -0.15) is 0 Å². The van der Waals surface area contributed by atoms with Gasteiger partial charge < -0.3 is 9.64 Å². The summed E-state index contributed by atoms with van der Waals surface area (Å²) in [6.45, 7) is 2.02. The molecule has 1 aliphatic carbocycles. The lowest BCUT2D eigenvalue weighted by Crippen LogP contribution is -2.35. The van der Waals surface area contributed by atoms with E-state index >= 15 is 0 Å². The van der Waals surface area contributed by atoms with Crippen LogP contribution in [0.1, 0.15) is 19.3 Å². The zero-order valence-electron chi connectivity index (χ0n) is 13.1. The number of hydrogen-bond acceptors (Lipinski definition) is 6. The van der Waals surface area contributed by atoms with Crippen LogP contribution in [0.2, 0.25) is 0 Å². The van der Waals surface area contributed by atoms with Gasteiger partial charge in [-0.05, 0) is 31.4 Å². The Morgan fingerprint density at radius 2 is 2.21 bits per heavy atom. The van der Waals surface area contributed by atoms with Gasteiger partial charge in [0.15, 0.2) is 0 Å². The predicted octanol–water partition coefficient (Wildman–Crippen LogP) is 1.61. The van der Waals surface area contributed by atoms with Gasteiger partial charge in [-0.1, -0.05) is 6.07 Å². The molecule has 0 bridgehead atoms. The van der Waals surface area contributed by atoms with Crippen molar-refractivity contribution in [2.75, 3.05) is 24.7 Å². The van der Waals surface area contributed by atoms with Crippen LogP contribution in [0.25, 0.3) is 5.65 Å². The van der Waals surface area contributed by atoms with Crippen molar-refractivity contribution >= 4 is 17.2 Å². The van der Waals surface area contributed by atoms with Crippen LogP contribution in [-0.4, -0.2) is 40.1 Å². The number of fused-ring (bicyclic) bond motifs is 1. The third-order valence-electron chi connectivity index (χ3n) is 4.61. The number of nitro groups is 1. The molecule has 0 unspecified atom stereocenters. The van der Waals surface area contributed by atoms with Crippen molar-refractivity contribution in [1.29, 1.82) is 0 Å². The van der Waals surface area contributed by atoms with E-state index in [0.717, 1.165) is 25.9 Å². The number of ether oxygens (including phenoxy) is 1. The minimum atomic E-state index is -0.631. The highest BCUT2D eigenvalue weighted by atomic mass is 16.6. The largest absolute Gasteiger partial charge is 0.381 e. The summed E-state index contributed by atoms with van der Waals surface area (Å²) in [6.07, 6.45) is 4.39. The molecule has 2 aliphatic rings. The van der Waals surface area contributed by atoms with Crippen molar-refractivity contribution in [2.45, 2.75) is 25.3 Å². The smallest absolute Gasteiger partial charge is 0.376 e. The Kier molecular flexibility index (Phi) is 3.68. The van der Waals surface area contributed by atoms with E-state index in [1.165, 1.54) is 10.6 Å². The second kappa shape index (κ2) is 5.86. The summed E-state index contributed by atoms with van der Waals surface area (Å²) >= 11 is 0. The minimum Gasteiger partial charge on any atom is -0.381 e. The Morgan fingerprint density at radius 1 is 1.38 bits per heavy atom. The monoisotopic (exact) mass is 330 g/mol. The van der Waals surface area contributed by atoms with E-state index in [2.05, 4.69) is 4.98 Å². The number of rotatable bonds is 5. The Morgan fingerprint density at radius 3 is 2.88 bits per heavy atom. The maximum Gasteiger partial charge on any atom is 0.376 e. The van der Waals surface area contributed by atoms with Gasteiger partial charge in [0, 0.05) is 31.3 Å². The SMILES string of the molecule is O=c1c([N+](=O)[O-])c(N(C[C@H]2CCOC2)C2CC2)nc2ccccn12. The maximum atomic E-state index is 12.6. The molecule has 1 atom stereocenters. The second-order valence-electron chi connectivity index (χ2n) is 6.39. The maximum absolute atomic E-state index is 12.6. The molecule has 0 spiro atoms. The average Bonchev–Trinajstić information content (AvgIpc) is 3.28. The van der Waals surface area contributed by atoms with Crippen LogP contribution in [0, 0.1) is 16.0 Å². The summed E-state index contributed by atoms with van der Waals surface area (Å²) in [5.41, 5.74) is -0.644. The third kappa shape index (κ3) is 2.62. The van der Waals surface area contributed by atoms with Crippen molar-refractivity contribution in [3.05, 3.63) is 44.9 Å². The zero-order chi connectivity index (χ0) is 16.7. The molecule has 3 heterocycles. The summed E-state index contributed by atoms with van der Waals surface area (Å²) in [5, 5.41) is 11.6. The topological polar surface area (TPSA) is 90.0 Å². The normalized spacial score (nSPS) is 20.4. The molecule has 0 aromatic carbocycles. The number of nitrogens with zero attached hydrogens (tertiary/aromatic N) is 4. The number of aromatic nitrogens is 2. The van der Waals surface area contributed by atoms with E-state index in [1.54, 1.807) is 18.2 Å². The van der Waals surface area contributed by atoms with Crippen LogP contribution in [-0.2, 0) is 4.74 Å². The molecular formula is C16H18N4O4. The summed E-state index contributed by atoms with van der Waals surface area (Å²) in [7, 11) is 0. The van der Waals surface area contributed by atoms with Crippen molar-refractivity contribution in [2.24, 2.45) is 5.92 Å². The van der Waals surface area contributed by atoms with E-state index in [0.29, 0.717) is 24.7 Å². The van der Waals surface area contributed by atoms with E-state index in [1.807, 2.05) is 4.90 Å². The summed E-state index contributed by atoms with van der Waals surface area (Å²) in [6, 6.07) is 5.35. The fraction of sp³-hybridized carbons (Fsp3) is 0.500. The molecule has 8 heteroatoms. The molecule has 2 aromatic heterocycles. The summed E-state index contributed by atoms with van der Waals surface area (Å²) in [4.78, 5) is 30.0. The van der Waals surface area contributed by atoms with Gasteiger partial charge in [0.1, 0.15) is 5.65 Å². The van der Waals surface area contributed by atoms with Crippen LogP contribution in [0.5, 0.6) is 0 Å². The van der Waals surface area contributed by atoms with Crippen LogP contribution in [0.3, 0.4) is 0 Å². The van der Waals surface area contributed by atoms with E-state index in [9.17, 15) is 14.9 Å². The lowest BCUT2D eigenvalue weighted by atomic mass is 10.1. The minimum absolute atomic E-state index is 0.200. The van der Waals surface area contributed by atoms with E-state index in [-0.39, 0.29) is 11.9 Å². The Hall–Kier alpha value is -2.48. The van der Waals surface area contributed by atoms with Gasteiger partial charge in [-0.25, -0.2) is 4.98 Å². The van der Waals surface area contributed by atoms with Crippen molar-refractivity contribution in [3.8, 4) is 0 Å². The highest BCUT2D eigenvalue weighted by Gasteiger charge is 2.38. The van der Waals surface area contributed by atoms with Crippen molar-refractivity contribution in [1.82, 2.24) is 9.38 Å². The van der Waals surface area contributed by atoms with Crippen LogP contribution < -0.4 is 10.5 Å². The van der Waals surface area contributed by atoms with E-state index in [4.69, 9.17) is 4.74 Å². The van der Waals surface area contributed by atoms with Crippen LogP contribution >= 0.6 is 0 Å². The molecular weight excluding hydrogens is 312 g/mol. The van der Waals surface area contributed by atoms with Crippen molar-refractivity contribution < 1.29 is 9.66 Å². The van der Waals surface area contributed by atoms with Gasteiger partial charge >= 0.3 is 11.2 Å². The average molecular weight is 330 g/mol. The molecule has 1 aliphatic heterocycles. The van der Waals surface area contributed by atoms with Gasteiger partial charge in [-0.3, -0.25) is 19.3 Å². The Balaban J connectivity index is 1.84. The molecule has 0 radical (unpaired) electrons. The Bertz CT molecular complexity index is 840. The highest BCUT2D eigenvalue weighted by Crippen LogP contribution is 2.35. The molecule has 126 valence electrons. The lowest BCUT2D eigenvalue weighted by molar-refractivity contribution is -0.385. The molecule has 2 aromatic rings. The van der Waals surface area contributed by atoms with Crippen LogP contribution in [0.4, 0.5) is 11.5 Å². The second-order valence-corrected chi connectivity index (χ2v) is 6.39. The van der Waals surface area contributed by atoms with E-state index < -0.39 is 16.2 Å². The van der Waals surface area contributed by atoms with Crippen LogP contribution in [0.15, 0.2) is 29.2 Å².